The van der Waals surface area contributed by atoms with E-state index in [4.69, 9.17) is 4.52 Å². The van der Waals surface area contributed by atoms with Crippen molar-refractivity contribution in [2.75, 3.05) is 18.0 Å². The first-order valence-electron chi connectivity index (χ1n) is 8.76. The Bertz CT molecular complexity index is 1090. The standard InChI is InChI=1S/C17H14F3N7O3/c1-10-12(27(28)29)8-22-15(23-10)26-7-5-16(9-26,17(18,19)20)14-24-13(25-30-14)11-4-2-3-6-21-11/h2-4,6,8H,5,7,9H2,1H3. The summed E-state index contributed by atoms with van der Waals surface area (Å²) < 4.78 is 47.5. The highest BCUT2D eigenvalue weighted by atomic mass is 19.4. The zero-order chi connectivity index (χ0) is 21.5. The Morgan fingerprint density at radius 2 is 2.07 bits per heavy atom. The summed E-state index contributed by atoms with van der Waals surface area (Å²) in [6, 6.07) is 4.87. The summed E-state index contributed by atoms with van der Waals surface area (Å²) >= 11 is 0. The van der Waals surface area contributed by atoms with Gasteiger partial charge in [0, 0.05) is 19.3 Å². The van der Waals surface area contributed by atoms with Crippen molar-refractivity contribution in [1.82, 2.24) is 25.1 Å². The molecule has 1 atom stereocenters. The second-order valence-electron chi connectivity index (χ2n) is 6.79. The van der Waals surface area contributed by atoms with Crippen molar-refractivity contribution >= 4 is 11.6 Å². The molecule has 156 valence electrons. The van der Waals surface area contributed by atoms with E-state index in [0.29, 0.717) is 0 Å². The van der Waals surface area contributed by atoms with Gasteiger partial charge < -0.3 is 9.42 Å². The lowest BCUT2D eigenvalue weighted by atomic mass is 9.86. The Labute approximate surface area is 166 Å². The van der Waals surface area contributed by atoms with E-state index in [0.717, 1.165) is 6.20 Å². The van der Waals surface area contributed by atoms with Crippen molar-refractivity contribution < 1.29 is 22.6 Å². The lowest BCUT2D eigenvalue weighted by Crippen LogP contribution is -2.45. The van der Waals surface area contributed by atoms with Gasteiger partial charge in [-0.25, -0.2) is 9.97 Å². The molecule has 0 bridgehead atoms. The number of aromatic nitrogens is 5. The molecule has 0 radical (unpaired) electrons. The molecule has 13 heteroatoms. The van der Waals surface area contributed by atoms with Crippen LogP contribution in [0.3, 0.4) is 0 Å². The summed E-state index contributed by atoms with van der Waals surface area (Å²) in [6.07, 6.45) is -2.60. The first-order chi connectivity index (χ1) is 14.2. The summed E-state index contributed by atoms with van der Waals surface area (Å²) in [6.45, 7) is 0.795. The van der Waals surface area contributed by atoms with Crippen molar-refractivity contribution in [3.05, 3.63) is 52.3 Å². The molecule has 0 N–H and O–H groups in total. The summed E-state index contributed by atoms with van der Waals surface area (Å²) in [4.78, 5) is 27.4. The second-order valence-corrected chi connectivity index (χ2v) is 6.79. The maximum absolute atomic E-state index is 14.2. The summed E-state index contributed by atoms with van der Waals surface area (Å²) in [5, 5.41) is 14.6. The molecule has 1 saturated heterocycles. The molecule has 0 amide bonds. The molecule has 0 aromatic carbocycles. The molecule has 30 heavy (non-hydrogen) atoms. The van der Waals surface area contributed by atoms with E-state index < -0.39 is 29.0 Å². The fourth-order valence-electron chi connectivity index (χ4n) is 3.30. The van der Waals surface area contributed by atoms with E-state index >= 15 is 0 Å². The largest absolute Gasteiger partial charge is 0.405 e. The lowest BCUT2D eigenvalue weighted by molar-refractivity contribution is -0.386. The number of rotatable bonds is 4. The van der Waals surface area contributed by atoms with Gasteiger partial charge in [-0.3, -0.25) is 15.1 Å². The van der Waals surface area contributed by atoms with Crippen LogP contribution in [0.5, 0.6) is 0 Å². The van der Waals surface area contributed by atoms with E-state index in [1.807, 2.05) is 0 Å². The Kier molecular flexibility index (Phi) is 4.59. The van der Waals surface area contributed by atoms with Crippen molar-refractivity contribution in [2.24, 2.45) is 0 Å². The number of hydrogen-bond donors (Lipinski definition) is 0. The molecule has 0 aliphatic carbocycles. The maximum atomic E-state index is 14.2. The SMILES string of the molecule is Cc1nc(N2CCC(c3nc(-c4ccccn4)no3)(C(F)(F)F)C2)ncc1[N+](=O)[O-]. The van der Waals surface area contributed by atoms with E-state index in [9.17, 15) is 23.3 Å². The van der Waals surface area contributed by atoms with Gasteiger partial charge in [0.25, 0.3) is 0 Å². The van der Waals surface area contributed by atoms with Crippen molar-refractivity contribution in [1.29, 1.82) is 0 Å². The van der Waals surface area contributed by atoms with Gasteiger partial charge in [-0.15, -0.1) is 0 Å². The van der Waals surface area contributed by atoms with E-state index in [1.54, 1.807) is 18.2 Å². The molecule has 3 aromatic rings. The summed E-state index contributed by atoms with van der Waals surface area (Å²) in [5.74, 6) is -0.652. The molecule has 4 rings (SSSR count). The van der Waals surface area contributed by atoms with Crippen molar-refractivity contribution in [2.45, 2.75) is 24.9 Å². The Balaban J connectivity index is 1.68. The van der Waals surface area contributed by atoms with Crippen LogP contribution >= 0.6 is 0 Å². The Morgan fingerprint density at radius 1 is 1.27 bits per heavy atom. The zero-order valence-corrected chi connectivity index (χ0v) is 15.5. The minimum atomic E-state index is -4.69. The number of nitrogens with zero attached hydrogens (tertiary/aromatic N) is 7. The quantitative estimate of drug-likeness (QED) is 0.462. The van der Waals surface area contributed by atoms with Gasteiger partial charge >= 0.3 is 11.9 Å². The molecule has 1 aliphatic rings. The lowest BCUT2D eigenvalue weighted by Gasteiger charge is -2.27. The van der Waals surface area contributed by atoms with Crippen molar-refractivity contribution in [3.8, 4) is 11.5 Å². The van der Waals surface area contributed by atoms with Gasteiger partial charge in [0.1, 0.15) is 17.6 Å². The fourth-order valence-corrected chi connectivity index (χ4v) is 3.30. The van der Waals surface area contributed by atoms with Crippen LogP contribution in [0.1, 0.15) is 18.0 Å². The summed E-state index contributed by atoms with van der Waals surface area (Å²) in [5.41, 5.74) is -2.39. The number of hydrogen-bond acceptors (Lipinski definition) is 9. The minimum absolute atomic E-state index is 0.0336. The van der Waals surface area contributed by atoms with E-state index in [-0.39, 0.29) is 41.8 Å². The fraction of sp³-hybridized carbons (Fsp3) is 0.353. The first kappa shape index (κ1) is 19.7. The predicted octanol–water partition coefficient (Wildman–Crippen LogP) is 2.85. The Hall–Kier alpha value is -3.64. The molecule has 1 unspecified atom stereocenters. The topological polar surface area (TPSA) is 124 Å². The number of pyridine rings is 1. The van der Waals surface area contributed by atoms with Crippen LogP contribution in [0, 0.1) is 17.0 Å². The first-order valence-corrected chi connectivity index (χ1v) is 8.76. The van der Waals surface area contributed by atoms with Crippen LogP contribution in [0.2, 0.25) is 0 Å². The number of aryl methyl sites for hydroxylation is 1. The predicted molar refractivity (Wildman–Crippen MR) is 95.5 cm³/mol. The minimum Gasteiger partial charge on any atom is -0.339 e. The van der Waals surface area contributed by atoms with Crippen LogP contribution in [0.4, 0.5) is 24.8 Å². The highest BCUT2D eigenvalue weighted by molar-refractivity contribution is 5.48. The number of alkyl halides is 3. The van der Waals surface area contributed by atoms with E-state index in [1.165, 1.54) is 18.0 Å². The second kappa shape index (κ2) is 7.00. The average Bonchev–Trinajstić information content (AvgIpc) is 3.36. The number of nitro groups is 1. The number of halogens is 3. The zero-order valence-electron chi connectivity index (χ0n) is 15.5. The van der Waals surface area contributed by atoms with Crippen molar-refractivity contribution in [3.63, 3.8) is 0 Å². The van der Waals surface area contributed by atoms with Crippen LogP contribution < -0.4 is 4.90 Å². The molecule has 1 fully saturated rings. The third kappa shape index (κ3) is 3.21. The molecular weight excluding hydrogens is 407 g/mol. The van der Waals surface area contributed by atoms with Gasteiger partial charge in [-0.05, 0) is 25.5 Å². The maximum Gasteiger partial charge on any atom is 0.405 e. The molecular formula is C17H14F3N7O3. The highest BCUT2D eigenvalue weighted by Gasteiger charge is 2.63. The van der Waals surface area contributed by atoms with Gasteiger partial charge in [0.2, 0.25) is 17.7 Å². The molecule has 4 heterocycles. The van der Waals surface area contributed by atoms with Gasteiger partial charge in [-0.1, -0.05) is 11.2 Å². The molecule has 10 nitrogen and oxygen atoms in total. The Morgan fingerprint density at radius 3 is 2.70 bits per heavy atom. The molecule has 0 spiro atoms. The number of anilines is 1. The molecule has 1 aliphatic heterocycles. The van der Waals surface area contributed by atoms with Gasteiger partial charge in [0.05, 0.1) is 4.92 Å². The molecule has 0 saturated carbocycles. The van der Waals surface area contributed by atoms with Crippen LogP contribution in [-0.2, 0) is 5.41 Å². The van der Waals surface area contributed by atoms with Gasteiger partial charge in [-0.2, -0.15) is 18.2 Å². The van der Waals surface area contributed by atoms with Crippen LogP contribution in [-0.4, -0.2) is 49.3 Å². The average molecular weight is 421 g/mol. The van der Waals surface area contributed by atoms with Gasteiger partial charge in [0.15, 0.2) is 5.41 Å². The summed E-state index contributed by atoms with van der Waals surface area (Å²) in [7, 11) is 0. The highest BCUT2D eigenvalue weighted by Crippen LogP contribution is 2.47. The smallest absolute Gasteiger partial charge is 0.339 e. The normalized spacial score (nSPS) is 19.3. The molecule has 3 aromatic heterocycles. The van der Waals surface area contributed by atoms with Crippen LogP contribution in [0.15, 0.2) is 35.1 Å². The third-order valence-corrected chi connectivity index (χ3v) is 4.96. The monoisotopic (exact) mass is 421 g/mol. The van der Waals surface area contributed by atoms with Crippen LogP contribution in [0.25, 0.3) is 11.5 Å². The van der Waals surface area contributed by atoms with E-state index in [2.05, 4.69) is 25.1 Å². The third-order valence-electron chi connectivity index (χ3n) is 4.96.